The summed E-state index contributed by atoms with van der Waals surface area (Å²) in [6.45, 7) is 4.85. The van der Waals surface area contributed by atoms with Gasteiger partial charge in [-0.05, 0) is 37.3 Å². The Balaban J connectivity index is 1.65. The fraction of sp³-hybridized carbons (Fsp3) is 0.571. The van der Waals surface area contributed by atoms with Gasteiger partial charge in [0.1, 0.15) is 0 Å². The van der Waals surface area contributed by atoms with E-state index in [0.29, 0.717) is 6.04 Å². The summed E-state index contributed by atoms with van der Waals surface area (Å²) in [6.07, 6.45) is 2.72. The van der Waals surface area contributed by atoms with Crippen LogP contribution in [0.4, 0.5) is 0 Å². The first-order chi connectivity index (χ1) is 8.27. The molecule has 0 saturated heterocycles. The molecule has 0 amide bonds. The molecule has 1 fully saturated rings. The zero-order valence-electron chi connectivity index (χ0n) is 10.3. The maximum atomic E-state index is 5.60. The van der Waals surface area contributed by atoms with Gasteiger partial charge in [0.2, 0.25) is 0 Å². The van der Waals surface area contributed by atoms with Crippen molar-refractivity contribution in [3.05, 3.63) is 34.3 Å². The Bertz CT molecular complexity index is 352. The van der Waals surface area contributed by atoms with E-state index in [4.69, 9.17) is 4.74 Å². The maximum absolute atomic E-state index is 5.60. The molecule has 3 heteroatoms. The van der Waals surface area contributed by atoms with Gasteiger partial charge < -0.3 is 10.1 Å². The van der Waals surface area contributed by atoms with Gasteiger partial charge >= 0.3 is 0 Å². The summed E-state index contributed by atoms with van der Waals surface area (Å²) in [4.78, 5) is 0. The Labute approximate surface area is 112 Å². The van der Waals surface area contributed by atoms with E-state index >= 15 is 0 Å². The van der Waals surface area contributed by atoms with E-state index in [1.807, 2.05) is 6.07 Å². The van der Waals surface area contributed by atoms with Crippen LogP contribution in [0.15, 0.2) is 28.7 Å². The topological polar surface area (TPSA) is 21.3 Å². The summed E-state index contributed by atoms with van der Waals surface area (Å²) in [5, 5.41) is 3.48. The second kappa shape index (κ2) is 6.53. The molecule has 0 aliphatic heterocycles. The van der Waals surface area contributed by atoms with Gasteiger partial charge in [0.05, 0.1) is 6.61 Å². The summed E-state index contributed by atoms with van der Waals surface area (Å²) in [6, 6.07) is 8.69. The molecule has 1 N–H and O–H groups in total. The van der Waals surface area contributed by atoms with Gasteiger partial charge in [-0.2, -0.15) is 0 Å². The monoisotopic (exact) mass is 297 g/mol. The number of hydrogen-bond donors (Lipinski definition) is 1. The largest absolute Gasteiger partial charge is 0.380 e. The van der Waals surface area contributed by atoms with Gasteiger partial charge in [0, 0.05) is 23.7 Å². The van der Waals surface area contributed by atoms with E-state index in [9.17, 15) is 0 Å². The molecule has 1 saturated carbocycles. The molecule has 1 aliphatic rings. The maximum Gasteiger partial charge on any atom is 0.0591 e. The van der Waals surface area contributed by atoms with Crippen LogP contribution in [0.3, 0.4) is 0 Å². The van der Waals surface area contributed by atoms with Crippen LogP contribution in [-0.2, 0) is 4.74 Å². The van der Waals surface area contributed by atoms with Crippen molar-refractivity contribution < 1.29 is 4.74 Å². The summed E-state index contributed by atoms with van der Waals surface area (Å²) >= 11 is 3.58. The highest BCUT2D eigenvalue weighted by Gasteiger charge is 2.20. The van der Waals surface area contributed by atoms with Crippen LogP contribution in [0.25, 0.3) is 0 Å². The Morgan fingerprint density at radius 1 is 1.41 bits per heavy atom. The molecule has 0 bridgehead atoms. The first kappa shape index (κ1) is 13.1. The zero-order valence-corrected chi connectivity index (χ0v) is 11.9. The van der Waals surface area contributed by atoms with Crippen LogP contribution in [0, 0.1) is 5.92 Å². The average molecular weight is 298 g/mol. The van der Waals surface area contributed by atoms with Gasteiger partial charge in [0.25, 0.3) is 0 Å². The lowest BCUT2D eigenvalue weighted by molar-refractivity contribution is 0.124. The fourth-order valence-electron chi connectivity index (χ4n) is 1.82. The molecule has 0 heterocycles. The Kier molecular flexibility index (Phi) is 5.01. The van der Waals surface area contributed by atoms with Crippen LogP contribution in [0.2, 0.25) is 0 Å². The van der Waals surface area contributed by atoms with E-state index in [1.54, 1.807) is 0 Å². The van der Waals surface area contributed by atoms with Crippen molar-refractivity contribution in [2.45, 2.75) is 25.8 Å². The number of nitrogens with one attached hydrogen (secondary N) is 1. The third-order valence-electron chi connectivity index (χ3n) is 3.12. The van der Waals surface area contributed by atoms with Gasteiger partial charge in [0.15, 0.2) is 0 Å². The van der Waals surface area contributed by atoms with Crippen LogP contribution >= 0.6 is 15.9 Å². The second-order valence-corrected chi connectivity index (χ2v) is 5.57. The first-order valence-electron chi connectivity index (χ1n) is 6.33. The van der Waals surface area contributed by atoms with Crippen LogP contribution < -0.4 is 5.32 Å². The number of halogens is 1. The second-order valence-electron chi connectivity index (χ2n) is 4.72. The summed E-state index contributed by atoms with van der Waals surface area (Å²) in [7, 11) is 0. The third-order valence-corrected chi connectivity index (χ3v) is 3.84. The molecule has 1 aliphatic carbocycles. The van der Waals surface area contributed by atoms with E-state index in [1.165, 1.54) is 22.9 Å². The smallest absolute Gasteiger partial charge is 0.0591 e. The molecule has 1 aromatic rings. The number of benzene rings is 1. The predicted octanol–water partition coefficient (Wildman–Crippen LogP) is 3.53. The molecular weight excluding hydrogens is 278 g/mol. The first-order valence-corrected chi connectivity index (χ1v) is 7.12. The molecule has 17 heavy (non-hydrogen) atoms. The molecule has 1 aromatic carbocycles. The van der Waals surface area contributed by atoms with Crippen molar-refractivity contribution in [1.82, 2.24) is 5.32 Å². The van der Waals surface area contributed by atoms with Crippen molar-refractivity contribution in [3.63, 3.8) is 0 Å². The van der Waals surface area contributed by atoms with E-state index < -0.39 is 0 Å². The van der Waals surface area contributed by atoms with Gasteiger partial charge in [-0.15, -0.1) is 0 Å². The van der Waals surface area contributed by atoms with Gasteiger partial charge in [-0.25, -0.2) is 0 Å². The average Bonchev–Trinajstić information content (AvgIpc) is 3.13. The van der Waals surface area contributed by atoms with Crippen molar-refractivity contribution in [2.24, 2.45) is 5.92 Å². The molecule has 0 spiro atoms. The van der Waals surface area contributed by atoms with Crippen molar-refractivity contribution >= 4 is 15.9 Å². The SMILES string of the molecule is CC(NCCOCC1CC1)c1ccccc1Br. The lowest BCUT2D eigenvalue weighted by Crippen LogP contribution is -2.23. The third kappa shape index (κ3) is 4.41. The lowest BCUT2D eigenvalue weighted by atomic mass is 10.1. The number of hydrogen-bond acceptors (Lipinski definition) is 2. The highest BCUT2D eigenvalue weighted by Crippen LogP contribution is 2.28. The Morgan fingerprint density at radius 2 is 2.18 bits per heavy atom. The van der Waals surface area contributed by atoms with Gasteiger partial charge in [-0.3, -0.25) is 0 Å². The fourth-order valence-corrected chi connectivity index (χ4v) is 2.45. The van der Waals surface area contributed by atoms with Crippen molar-refractivity contribution in [1.29, 1.82) is 0 Å². The minimum atomic E-state index is 0.357. The van der Waals surface area contributed by atoms with Crippen LogP contribution in [0.5, 0.6) is 0 Å². The number of rotatable bonds is 7. The highest BCUT2D eigenvalue weighted by atomic mass is 79.9. The zero-order chi connectivity index (χ0) is 12.1. The highest BCUT2D eigenvalue weighted by molar-refractivity contribution is 9.10. The van der Waals surface area contributed by atoms with Crippen LogP contribution in [-0.4, -0.2) is 19.8 Å². The molecule has 0 radical (unpaired) electrons. The quantitative estimate of drug-likeness (QED) is 0.778. The standard InChI is InChI=1S/C14H20BrNO/c1-11(13-4-2-3-5-14(13)15)16-8-9-17-10-12-6-7-12/h2-5,11-12,16H,6-10H2,1H3. The number of ether oxygens (including phenoxy) is 1. The Morgan fingerprint density at radius 3 is 2.88 bits per heavy atom. The molecule has 94 valence electrons. The molecular formula is C14H20BrNO. The van der Waals surface area contributed by atoms with Crippen molar-refractivity contribution in [2.75, 3.05) is 19.8 Å². The van der Waals surface area contributed by atoms with Crippen LogP contribution in [0.1, 0.15) is 31.4 Å². The summed E-state index contributed by atoms with van der Waals surface area (Å²) < 4.78 is 6.77. The normalized spacial score (nSPS) is 17.1. The van der Waals surface area contributed by atoms with E-state index in [-0.39, 0.29) is 0 Å². The van der Waals surface area contributed by atoms with Gasteiger partial charge in [-0.1, -0.05) is 34.1 Å². The predicted molar refractivity (Wildman–Crippen MR) is 74.1 cm³/mol. The minimum absolute atomic E-state index is 0.357. The Hall–Kier alpha value is -0.380. The van der Waals surface area contributed by atoms with Crippen molar-refractivity contribution in [3.8, 4) is 0 Å². The van der Waals surface area contributed by atoms with E-state index in [0.717, 1.165) is 25.7 Å². The molecule has 1 unspecified atom stereocenters. The summed E-state index contributed by atoms with van der Waals surface area (Å²) in [5.41, 5.74) is 1.30. The molecule has 2 nitrogen and oxygen atoms in total. The summed E-state index contributed by atoms with van der Waals surface area (Å²) in [5.74, 6) is 0.857. The lowest BCUT2D eigenvalue weighted by Gasteiger charge is -2.15. The molecule has 0 aromatic heterocycles. The van der Waals surface area contributed by atoms with E-state index in [2.05, 4.69) is 46.4 Å². The minimum Gasteiger partial charge on any atom is -0.380 e. The molecule has 1 atom stereocenters. The molecule has 2 rings (SSSR count).